The van der Waals surface area contributed by atoms with Gasteiger partial charge in [0, 0.05) is 24.2 Å². The Morgan fingerprint density at radius 1 is 1.18 bits per heavy atom. The minimum atomic E-state index is -0.571. The Kier molecular flexibility index (Phi) is 5.78. The molecule has 4 rings (SSSR count). The molecule has 0 fully saturated rings. The number of pyridine rings is 2. The number of anilines is 2. The minimum Gasteiger partial charge on any atom is -0.382 e. The van der Waals surface area contributed by atoms with Crippen molar-refractivity contribution >= 4 is 28.4 Å². The van der Waals surface area contributed by atoms with E-state index in [1.165, 1.54) is 25.5 Å². The van der Waals surface area contributed by atoms with Crippen molar-refractivity contribution in [2.75, 3.05) is 18.1 Å². The number of amides is 1. The molecule has 3 aromatic heterocycles. The van der Waals surface area contributed by atoms with Crippen molar-refractivity contribution in [3.8, 4) is 17.3 Å². The third-order valence-corrected chi connectivity index (χ3v) is 5.12. The van der Waals surface area contributed by atoms with Gasteiger partial charge in [-0.05, 0) is 31.2 Å². The molecule has 0 aliphatic rings. The van der Waals surface area contributed by atoms with Gasteiger partial charge in [-0.2, -0.15) is 5.26 Å². The first-order chi connectivity index (χ1) is 16.0. The molecule has 0 bridgehead atoms. The highest BCUT2D eigenvalue weighted by Gasteiger charge is 2.27. The molecule has 9 nitrogen and oxygen atoms in total. The van der Waals surface area contributed by atoms with Gasteiger partial charge in [-0.15, -0.1) is 0 Å². The summed E-state index contributed by atoms with van der Waals surface area (Å²) in [4.78, 5) is 30.1. The first-order valence-electron chi connectivity index (χ1n) is 9.99. The molecule has 0 aliphatic heterocycles. The molecule has 1 atom stereocenters. The maximum atomic E-state index is 14.9. The van der Waals surface area contributed by atoms with E-state index in [1.807, 2.05) is 6.07 Å². The van der Waals surface area contributed by atoms with E-state index in [1.54, 1.807) is 37.4 Å². The van der Waals surface area contributed by atoms with Crippen molar-refractivity contribution in [2.24, 2.45) is 0 Å². The van der Waals surface area contributed by atoms with E-state index in [9.17, 15) is 14.4 Å². The molecule has 0 radical (unpaired) electrons. The summed E-state index contributed by atoms with van der Waals surface area (Å²) in [7, 11) is 1.47. The minimum absolute atomic E-state index is 0.0340. The molecule has 4 N–H and O–H groups in total. The second kappa shape index (κ2) is 8.84. The maximum Gasteiger partial charge on any atom is 0.252 e. The van der Waals surface area contributed by atoms with Gasteiger partial charge < -0.3 is 16.4 Å². The Labute approximate surface area is 188 Å². The molecule has 10 heteroatoms. The average molecular weight is 442 g/mol. The molecule has 3 heterocycles. The highest BCUT2D eigenvalue weighted by atomic mass is 19.1. The number of nitrogens with zero attached hydrogens (tertiary/aromatic N) is 5. The van der Waals surface area contributed by atoms with Crippen LogP contribution in [0, 0.1) is 17.1 Å². The Morgan fingerprint density at radius 3 is 2.70 bits per heavy atom. The van der Waals surface area contributed by atoms with Crippen LogP contribution in [-0.2, 0) is 0 Å². The van der Waals surface area contributed by atoms with Crippen LogP contribution in [0.1, 0.15) is 34.6 Å². The van der Waals surface area contributed by atoms with Crippen molar-refractivity contribution in [2.45, 2.75) is 13.0 Å². The van der Waals surface area contributed by atoms with Crippen LogP contribution in [0.4, 0.5) is 16.0 Å². The number of fused-ring (bicyclic) bond motifs is 1. The van der Waals surface area contributed by atoms with Gasteiger partial charge in [0.15, 0.2) is 0 Å². The summed E-state index contributed by atoms with van der Waals surface area (Å²) >= 11 is 0. The number of benzene rings is 1. The highest BCUT2D eigenvalue weighted by Crippen LogP contribution is 2.36. The second-order valence-electron chi connectivity index (χ2n) is 7.14. The SMILES string of the molecule is CNC(=O)c1c(-c2ccccn2)c([C@H](C)Nc2ncnc(N)c2C#N)nc2cccc(F)c12. The standard InChI is InChI=1S/C23H19FN8O/c1-12(31-22-13(10-25)21(26)29-11-30-22)20-18(15-7-3-4-9-28-15)19(23(33)27-2)17-14(24)6-5-8-16(17)32-20/h3-9,11-12H,1-2H3,(H,27,33)(H3,26,29,30,31)/t12-/m0/s1. The summed E-state index contributed by atoms with van der Waals surface area (Å²) in [6.45, 7) is 1.78. The van der Waals surface area contributed by atoms with Crippen molar-refractivity contribution in [3.05, 3.63) is 71.6 Å². The van der Waals surface area contributed by atoms with Gasteiger partial charge in [0.1, 0.15) is 35.4 Å². The molecule has 0 saturated heterocycles. The van der Waals surface area contributed by atoms with Crippen LogP contribution in [0.5, 0.6) is 0 Å². The number of nitrogen functional groups attached to an aromatic ring is 1. The number of nitrogens with one attached hydrogen (secondary N) is 2. The van der Waals surface area contributed by atoms with Crippen molar-refractivity contribution in [1.29, 1.82) is 5.26 Å². The molecule has 1 amide bonds. The molecule has 4 aromatic rings. The van der Waals surface area contributed by atoms with E-state index < -0.39 is 17.8 Å². The number of nitrogens with two attached hydrogens (primary N) is 1. The van der Waals surface area contributed by atoms with Crippen LogP contribution in [0.3, 0.4) is 0 Å². The lowest BCUT2D eigenvalue weighted by Crippen LogP contribution is -2.22. The molecule has 0 saturated carbocycles. The van der Waals surface area contributed by atoms with E-state index in [2.05, 4.69) is 30.6 Å². The molecular formula is C23H19FN8O. The van der Waals surface area contributed by atoms with Crippen LogP contribution in [-0.4, -0.2) is 32.9 Å². The Bertz CT molecular complexity index is 1400. The summed E-state index contributed by atoms with van der Waals surface area (Å²) in [5, 5.41) is 15.3. The van der Waals surface area contributed by atoms with Crippen molar-refractivity contribution in [3.63, 3.8) is 0 Å². The van der Waals surface area contributed by atoms with Crippen LogP contribution in [0.2, 0.25) is 0 Å². The van der Waals surface area contributed by atoms with Crippen LogP contribution in [0.15, 0.2) is 48.9 Å². The second-order valence-corrected chi connectivity index (χ2v) is 7.14. The number of hydrogen-bond donors (Lipinski definition) is 3. The zero-order chi connectivity index (χ0) is 23.5. The van der Waals surface area contributed by atoms with Gasteiger partial charge in [0.2, 0.25) is 0 Å². The third kappa shape index (κ3) is 3.87. The molecule has 33 heavy (non-hydrogen) atoms. The number of aromatic nitrogens is 4. The van der Waals surface area contributed by atoms with Gasteiger partial charge in [-0.25, -0.2) is 19.3 Å². The highest BCUT2D eigenvalue weighted by molar-refractivity contribution is 6.12. The van der Waals surface area contributed by atoms with Gasteiger partial charge in [-0.3, -0.25) is 9.78 Å². The first-order valence-corrected chi connectivity index (χ1v) is 9.99. The Hall–Kier alpha value is -4.65. The number of carbonyl (C=O) groups excluding carboxylic acids is 1. The molecule has 0 aliphatic carbocycles. The lowest BCUT2D eigenvalue weighted by Gasteiger charge is -2.22. The predicted octanol–water partition coefficient (Wildman–Crippen LogP) is 3.21. The van der Waals surface area contributed by atoms with Crippen LogP contribution >= 0.6 is 0 Å². The average Bonchev–Trinajstić information content (AvgIpc) is 2.83. The maximum absolute atomic E-state index is 14.9. The van der Waals surface area contributed by atoms with E-state index in [-0.39, 0.29) is 28.1 Å². The predicted molar refractivity (Wildman–Crippen MR) is 122 cm³/mol. The van der Waals surface area contributed by atoms with Gasteiger partial charge in [0.25, 0.3) is 5.91 Å². The molecule has 0 spiro atoms. The quantitative estimate of drug-likeness (QED) is 0.428. The van der Waals surface area contributed by atoms with E-state index in [0.29, 0.717) is 22.5 Å². The fraction of sp³-hybridized carbons (Fsp3) is 0.130. The normalized spacial score (nSPS) is 11.6. The first kappa shape index (κ1) is 21.6. The van der Waals surface area contributed by atoms with Crippen molar-refractivity contribution in [1.82, 2.24) is 25.3 Å². The largest absolute Gasteiger partial charge is 0.382 e. The molecule has 0 unspecified atom stereocenters. The summed E-state index contributed by atoms with van der Waals surface area (Å²) in [5.41, 5.74) is 7.55. The van der Waals surface area contributed by atoms with Crippen LogP contribution in [0.25, 0.3) is 22.2 Å². The summed E-state index contributed by atoms with van der Waals surface area (Å²) in [6.07, 6.45) is 2.82. The summed E-state index contributed by atoms with van der Waals surface area (Å²) in [6, 6.07) is 11.1. The van der Waals surface area contributed by atoms with E-state index in [4.69, 9.17) is 5.73 Å². The number of hydrogen-bond acceptors (Lipinski definition) is 8. The molecule has 164 valence electrons. The summed E-state index contributed by atoms with van der Waals surface area (Å²) in [5.74, 6) is -0.803. The fourth-order valence-corrected chi connectivity index (χ4v) is 3.62. The lowest BCUT2D eigenvalue weighted by atomic mass is 9.93. The van der Waals surface area contributed by atoms with Crippen molar-refractivity contribution < 1.29 is 9.18 Å². The van der Waals surface area contributed by atoms with E-state index >= 15 is 0 Å². The lowest BCUT2D eigenvalue weighted by molar-refractivity contribution is 0.0965. The smallest absolute Gasteiger partial charge is 0.252 e. The number of carbonyl (C=O) groups is 1. The zero-order valence-electron chi connectivity index (χ0n) is 17.8. The van der Waals surface area contributed by atoms with Gasteiger partial charge in [-0.1, -0.05) is 12.1 Å². The Balaban J connectivity index is 2.01. The third-order valence-electron chi connectivity index (χ3n) is 5.12. The number of nitriles is 1. The Morgan fingerprint density at radius 2 is 2.00 bits per heavy atom. The van der Waals surface area contributed by atoms with Gasteiger partial charge in [0.05, 0.1) is 28.5 Å². The zero-order valence-corrected chi connectivity index (χ0v) is 17.8. The monoisotopic (exact) mass is 442 g/mol. The fourth-order valence-electron chi connectivity index (χ4n) is 3.62. The van der Waals surface area contributed by atoms with Crippen LogP contribution < -0.4 is 16.4 Å². The molecular weight excluding hydrogens is 423 g/mol. The topological polar surface area (TPSA) is 142 Å². The number of halogens is 1. The van der Waals surface area contributed by atoms with Gasteiger partial charge >= 0.3 is 0 Å². The molecule has 1 aromatic carbocycles. The summed E-state index contributed by atoms with van der Waals surface area (Å²) < 4.78 is 14.9. The van der Waals surface area contributed by atoms with E-state index in [0.717, 1.165) is 0 Å². The number of rotatable bonds is 5.